The zero-order valence-electron chi connectivity index (χ0n) is 11.4. The van der Waals surface area contributed by atoms with E-state index in [9.17, 15) is 4.79 Å². The highest BCUT2D eigenvalue weighted by atomic mass is 16.2. The zero-order chi connectivity index (χ0) is 12.4. The summed E-state index contributed by atoms with van der Waals surface area (Å²) in [6.07, 6.45) is 4.99. The number of likely N-dealkylation sites (tertiary alicyclic amines) is 1. The maximum atomic E-state index is 12.2. The van der Waals surface area contributed by atoms with Crippen molar-refractivity contribution >= 4 is 5.91 Å². The van der Waals surface area contributed by atoms with Crippen LogP contribution in [0.4, 0.5) is 0 Å². The standard InChI is InChI=1S/C14H26N2O/c1-10(2)15-13-7-8-16(14(13)17)9-12-6-4-5-11(12)3/h10-13,15H,4-9H2,1-3H3. The molecule has 1 saturated carbocycles. The molecule has 3 heteroatoms. The molecule has 2 fully saturated rings. The Balaban J connectivity index is 1.85. The summed E-state index contributed by atoms with van der Waals surface area (Å²) in [7, 11) is 0. The lowest BCUT2D eigenvalue weighted by molar-refractivity contribution is -0.130. The van der Waals surface area contributed by atoms with Crippen LogP contribution in [0.25, 0.3) is 0 Å². The fourth-order valence-corrected chi connectivity index (χ4v) is 3.25. The summed E-state index contributed by atoms with van der Waals surface area (Å²) in [6, 6.07) is 0.473. The first kappa shape index (κ1) is 12.9. The second kappa shape index (κ2) is 5.38. The predicted octanol–water partition coefficient (Wildman–Crippen LogP) is 2.02. The molecule has 1 aliphatic carbocycles. The third-order valence-corrected chi connectivity index (χ3v) is 4.33. The van der Waals surface area contributed by atoms with Gasteiger partial charge in [0, 0.05) is 19.1 Å². The van der Waals surface area contributed by atoms with E-state index in [0.29, 0.717) is 11.9 Å². The van der Waals surface area contributed by atoms with Crippen molar-refractivity contribution in [3.8, 4) is 0 Å². The highest BCUT2D eigenvalue weighted by molar-refractivity contribution is 5.84. The van der Waals surface area contributed by atoms with E-state index in [-0.39, 0.29) is 6.04 Å². The predicted molar refractivity (Wildman–Crippen MR) is 69.8 cm³/mol. The number of carbonyl (C=O) groups is 1. The van der Waals surface area contributed by atoms with Crippen molar-refractivity contribution in [2.45, 2.75) is 58.5 Å². The summed E-state index contributed by atoms with van der Waals surface area (Å²) in [5.41, 5.74) is 0. The zero-order valence-corrected chi connectivity index (χ0v) is 11.4. The lowest BCUT2D eigenvalue weighted by Crippen LogP contribution is -2.42. The summed E-state index contributed by atoms with van der Waals surface area (Å²) in [6.45, 7) is 8.49. The van der Waals surface area contributed by atoms with Crippen LogP contribution < -0.4 is 5.32 Å². The van der Waals surface area contributed by atoms with E-state index in [2.05, 4.69) is 31.0 Å². The summed E-state index contributed by atoms with van der Waals surface area (Å²) in [5, 5.41) is 3.37. The van der Waals surface area contributed by atoms with Crippen molar-refractivity contribution in [3.63, 3.8) is 0 Å². The van der Waals surface area contributed by atoms with Gasteiger partial charge in [0.05, 0.1) is 6.04 Å². The van der Waals surface area contributed by atoms with Crippen LogP contribution in [0.15, 0.2) is 0 Å². The smallest absolute Gasteiger partial charge is 0.239 e. The highest BCUT2D eigenvalue weighted by Crippen LogP contribution is 2.32. The first-order valence-electron chi connectivity index (χ1n) is 7.12. The third-order valence-electron chi connectivity index (χ3n) is 4.33. The van der Waals surface area contributed by atoms with Gasteiger partial charge in [-0.2, -0.15) is 0 Å². The minimum absolute atomic E-state index is 0.0757. The van der Waals surface area contributed by atoms with Crippen LogP contribution in [0.1, 0.15) is 46.5 Å². The number of nitrogens with zero attached hydrogens (tertiary/aromatic N) is 1. The molecule has 0 aromatic heterocycles. The molecule has 2 rings (SSSR count). The topological polar surface area (TPSA) is 32.3 Å². The Morgan fingerprint density at radius 3 is 2.71 bits per heavy atom. The normalized spacial score (nSPS) is 34.0. The van der Waals surface area contributed by atoms with Crippen LogP contribution in [-0.4, -0.2) is 36.0 Å². The van der Waals surface area contributed by atoms with Crippen molar-refractivity contribution in [3.05, 3.63) is 0 Å². The van der Waals surface area contributed by atoms with Crippen molar-refractivity contribution in [1.82, 2.24) is 10.2 Å². The van der Waals surface area contributed by atoms with Crippen molar-refractivity contribution < 1.29 is 4.79 Å². The van der Waals surface area contributed by atoms with E-state index in [1.807, 2.05) is 0 Å². The van der Waals surface area contributed by atoms with Gasteiger partial charge < -0.3 is 10.2 Å². The number of rotatable bonds is 4. The monoisotopic (exact) mass is 238 g/mol. The molecule has 98 valence electrons. The molecular formula is C14H26N2O. The van der Waals surface area contributed by atoms with Crippen LogP contribution in [-0.2, 0) is 4.79 Å². The average molecular weight is 238 g/mol. The van der Waals surface area contributed by atoms with Crippen LogP contribution >= 0.6 is 0 Å². The summed E-state index contributed by atoms with van der Waals surface area (Å²) in [4.78, 5) is 14.3. The van der Waals surface area contributed by atoms with Crippen LogP contribution in [0.3, 0.4) is 0 Å². The molecular weight excluding hydrogens is 212 g/mol. The van der Waals surface area contributed by atoms with E-state index in [4.69, 9.17) is 0 Å². The van der Waals surface area contributed by atoms with E-state index < -0.39 is 0 Å². The van der Waals surface area contributed by atoms with Crippen molar-refractivity contribution in [2.75, 3.05) is 13.1 Å². The first-order chi connectivity index (χ1) is 8.08. The van der Waals surface area contributed by atoms with Gasteiger partial charge in [-0.05, 0) is 24.7 Å². The lowest BCUT2D eigenvalue weighted by Gasteiger charge is -2.24. The van der Waals surface area contributed by atoms with Gasteiger partial charge in [0.2, 0.25) is 5.91 Å². The molecule has 1 N–H and O–H groups in total. The second-order valence-corrected chi connectivity index (χ2v) is 6.12. The van der Waals surface area contributed by atoms with Crippen molar-refractivity contribution in [2.24, 2.45) is 11.8 Å². The molecule has 1 saturated heterocycles. The molecule has 0 aromatic rings. The maximum absolute atomic E-state index is 12.2. The number of hydrogen-bond acceptors (Lipinski definition) is 2. The molecule has 0 bridgehead atoms. The third kappa shape index (κ3) is 3.01. The maximum Gasteiger partial charge on any atom is 0.239 e. The number of nitrogens with one attached hydrogen (secondary N) is 1. The second-order valence-electron chi connectivity index (χ2n) is 6.12. The SMILES string of the molecule is CC(C)NC1CCN(CC2CCCC2C)C1=O. The largest absolute Gasteiger partial charge is 0.341 e. The Bertz CT molecular complexity index is 277. The molecule has 2 aliphatic rings. The van der Waals surface area contributed by atoms with Crippen LogP contribution in [0.5, 0.6) is 0 Å². The quantitative estimate of drug-likeness (QED) is 0.812. The van der Waals surface area contributed by atoms with E-state index >= 15 is 0 Å². The summed E-state index contributed by atoms with van der Waals surface area (Å²) >= 11 is 0. The summed E-state index contributed by atoms with van der Waals surface area (Å²) < 4.78 is 0. The Morgan fingerprint density at radius 2 is 2.12 bits per heavy atom. The Kier molecular flexibility index (Phi) is 4.08. The fraction of sp³-hybridized carbons (Fsp3) is 0.929. The van der Waals surface area contributed by atoms with E-state index in [1.54, 1.807) is 0 Å². The molecule has 0 radical (unpaired) electrons. The van der Waals surface area contributed by atoms with Gasteiger partial charge >= 0.3 is 0 Å². The molecule has 1 aliphatic heterocycles. The number of hydrogen-bond donors (Lipinski definition) is 1. The van der Waals surface area contributed by atoms with Gasteiger partial charge in [0.25, 0.3) is 0 Å². The molecule has 3 atom stereocenters. The Labute approximate surface area is 105 Å². The van der Waals surface area contributed by atoms with Gasteiger partial charge in [-0.25, -0.2) is 0 Å². The molecule has 17 heavy (non-hydrogen) atoms. The number of amides is 1. The van der Waals surface area contributed by atoms with Gasteiger partial charge in [0.15, 0.2) is 0 Å². The van der Waals surface area contributed by atoms with Gasteiger partial charge in [-0.3, -0.25) is 4.79 Å². The van der Waals surface area contributed by atoms with Crippen LogP contribution in [0, 0.1) is 11.8 Å². The van der Waals surface area contributed by atoms with Crippen LogP contribution in [0.2, 0.25) is 0 Å². The lowest BCUT2D eigenvalue weighted by atomic mass is 9.98. The van der Waals surface area contributed by atoms with E-state index in [1.165, 1.54) is 19.3 Å². The highest BCUT2D eigenvalue weighted by Gasteiger charge is 2.34. The Hall–Kier alpha value is -0.570. The molecule has 3 unspecified atom stereocenters. The first-order valence-corrected chi connectivity index (χ1v) is 7.12. The summed E-state index contributed by atoms with van der Waals surface area (Å²) in [5.74, 6) is 1.88. The molecule has 0 spiro atoms. The fourth-order valence-electron chi connectivity index (χ4n) is 3.25. The molecule has 3 nitrogen and oxygen atoms in total. The Morgan fingerprint density at radius 1 is 1.35 bits per heavy atom. The molecule has 1 heterocycles. The van der Waals surface area contributed by atoms with Gasteiger partial charge in [-0.15, -0.1) is 0 Å². The average Bonchev–Trinajstić information content (AvgIpc) is 2.79. The molecule has 1 amide bonds. The van der Waals surface area contributed by atoms with E-state index in [0.717, 1.165) is 31.3 Å². The minimum atomic E-state index is 0.0757. The molecule has 0 aromatic carbocycles. The van der Waals surface area contributed by atoms with Gasteiger partial charge in [-0.1, -0.05) is 33.6 Å². The minimum Gasteiger partial charge on any atom is -0.341 e. The number of carbonyl (C=O) groups excluding carboxylic acids is 1. The van der Waals surface area contributed by atoms with Crippen molar-refractivity contribution in [1.29, 1.82) is 0 Å². The van der Waals surface area contributed by atoms with Gasteiger partial charge in [0.1, 0.15) is 0 Å².